The van der Waals surface area contributed by atoms with Gasteiger partial charge in [0, 0.05) is 31.2 Å². The standard InChI is InChI=1S/C19H24F2N6O/c1-11-5-13(9-28)12(2)27(8-11)18-6-15(24-10-25-18)16-7-23-17(26-16)4-3-14(22)19(20)21/h3-4,6-7,10-13,19,22,28H,5,8-9H2,1-2H3,(H,23,26)/b4-3-,22-14?/t11-,12+,13-/m1/s1. The first-order valence-corrected chi connectivity index (χ1v) is 9.18. The van der Waals surface area contributed by atoms with Crippen molar-refractivity contribution in [1.82, 2.24) is 19.9 Å². The minimum absolute atomic E-state index is 0.143. The predicted octanol–water partition coefficient (Wildman–Crippen LogP) is 3.01. The Morgan fingerprint density at radius 2 is 2.18 bits per heavy atom. The maximum Gasteiger partial charge on any atom is 0.279 e. The van der Waals surface area contributed by atoms with E-state index in [4.69, 9.17) is 5.41 Å². The Morgan fingerprint density at radius 3 is 2.89 bits per heavy atom. The molecule has 2 aromatic heterocycles. The van der Waals surface area contributed by atoms with Crippen molar-refractivity contribution >= 4 is 17.6 Å². The van der Waals surface area contributed by atoms with Gasteiger partial charge in [0.1, 0.15) is 18.0 Å². The van der Waals surface area contributed by atoms with Crippen LogP contribution in [0.5, 0.6) is 0 Å². The molecule has 2 aromatic rings. The van der Waals surface area contributed by atoms with Crippen molar-refractivity contribution in [3.8, 4) is 11.4 Å². The van der Waals surface area contributed by atoms with Crippen LogP contribution in [-0.2, 0) is 0 Å². The highest BCUT2D eigenvalue weighted by Crippen LogP contribution is 2.31. The summed E-state index contributed by atoms with van der Waals surface area (Å²) in [4.78, 5) is 18.0. The number of piperidine rings is 1. The maximum atomic E-state index is 12.4. The van der Waals surface area contributed by atoms with Crippen LogP contribution in [0.1, 0.15) is 26.1 Å². The fraction of sp³-hybridized carbons (Fsp3) is 0.474. The van der Waals surface area contributed by atoms with Crippen LogP contribution in [0.25, 0.3) is 17.5 Å². The molecule has 7 nitrogen and oxygen atoms in total. The molecule has 9 heteroatoms. The Bertz CT molecular complexity index is 852. The zero-order chi connectivity index (χ0) is 20.3. The van der Waals surface area contributed by atoms with Gasteiger partial charge in [-0.15, -0.1) is 0 Å². The second-order valence-corrected chi connectivity index (χ2v) is 7.21. The minimum atomic E-state index is -2.81. The summed E-state index contributed by atoms with van der Waals surface area (Å²) in [5.74, 6) is 1.77. The van der Waals surface area contributed by atoms with Crippen molar-refractivity contribution in [2.45, 2.75) is 32.7 Å². The van der Waals surface area contributed by atoms with Gasteiger partial charge in [0.15, 0.2) is 0 Å². The molecule has 0 amide bonds. The average Bonchev–Trinajstić information content (AvgIpc) is 3.16. The van der Waals surface area contributed by atoms with E-state index in [0.717, 1.165) is 24.9 Å². The number of nitrogens with one attached hydrogen (secondary N) is 2. The second kappa shape index (κ2) is 8.55. The van der Waals surface area contributed by atoms with E-state index < -0.39 is 12.1 Å². The van der Waals surface area contributed by atoms with Gasteiger partial charge in [0.25, 0.3) is 6.43 Å². The first-order valence-electron chi connectivity index (χ1n) is 9.18. The number of anilines is 1. The molecule has 0 bridgehead atoms. The number of hydrogen-bond donors (Lipinski definition) is 3. The van der Waals surface area contributed by atoms with Gasteiger partial charge in [0.05, 0.1) is 23.3 Å². The summed E-state index contributed by atoms with van der Waals surface area (Å²) < 4.78 is 24.8. The zero-order valence-electron chi connectivity index (χ0n) is 15.8. The highest BCUT2D eigenvalue weighted by atomic mass is 19.3. The minimum Gasteiger partial charge on any atom is -0.396 e. The third kappa shape index (κ3) is 4.41. The monoisotopic (exact) mass is 390 g/mol. The SMILES string of the molecule is C[C@@H]1C[C@H](CO)[C@H](C)N(c2cc(-c3cnc(/C=C\C(=N)C(F)F)[nH]3)ncn2)C1. The summed E-state index contributed by atoms with van der Waals surface area (Å²) in [5.41, 5.74) is 0.490. The number of aromatic nitrogens is 4. The highest BCUT2D eigenvalue weighted by molar-refractivity contribution is 5.97. The second-order valence-electron chi connectivity index (χ2n) is 7.21. The number of H-pyrrole nitrogens is 1. The number of aliphatic hydroxyl groups is 1. The first-order chi connectivity index (χ1) is 13.4. The van der Waals surface area contributed by atoms with Crippen LogP contribution in [0, 0.1) is 17.2 Å². The molecule has 1 aliphatic rings. The summed E-state index contributed by atoms with van der Waals surface area (Å²) in [5, 5.41) is 16.8. The summed E-state index contributed by atoms with van der Waals surface area (Å²) in [6.45, 7) is 5.24. The lowest BCUT2D eigenvalue weighted by Crippen LogP contribution is -2.48. The van der Waals surface area contributed by atoms with E-state index in [1.165, 1.54) is 12.4 Å². The van der Waals surface area contributed by atoms with Crippen molar-refractivity contribution in [2.24, 2.45) is 11.8 Å². The molecule has 0 spiro atoms. The van der Waals surface area contributed by atoms with Gasteiger partial charge in [-0.1, -0.05) is 6.92 Å². The Hall–Kier alpha value is -2.68. The van der Waals surface area contributed by atoms with E-state index in [0.29, 0.717) is 23.1 Å². The molecule has 150 valence electrons. The normalized spacial score (nSPS) is 22.9. The Balaban J connectivity index is 1.81. The molecule has 3 N–H and O–H groups in total. The molecular weight excluding hydrogens is 366 g/mol. The van der Waals surface area contributed by atoms with E-state index in [9.17, 15) is 13.9 Å². The van der Waals surface area contributed by atoms with E-state index in [1.807, 2.05) is 6.07 Å². The molecule has 28 heavy (non-hydrogen) atoms. The molecule has 0 unspecified atom stereocenters. The van der Waals surface area contributed by atoms with Gasteiger partial charge >= 0.3 is 0 Å². The van der Waals surface area contributed by atoms with Crippen molar-refractivity contribution in [2.75, 3.05) is 18.1 Å². The molecule has 3 atom stereocenters. The third-order valence-electron chi connectivity index (χ3n) is 5.10. The van der Waals surface area contributed by atoms with Crippen LogP contribution in [0.3, 0.4) is 0 Å². The quantitative estimate of drug-likeness (QED) is 0.658. The van der Waals surface area contributed by atoms with Crippen LogP contribution in [0.4, 0.5) is 14.6 Å². The van der Waals surface area contributed by atoms with Crippen LogP contribution in [0.15, 0.2) is 24.7 Å². The topological polar surface area (TPSA) is 102 Å². The van der Waals surface area contributed by atoms with Gasteiger partial charge in [-0.25, -0.2) is 23.7 Å². The average molecular weight is 390 g/mol. The lowest BCUT2D eigenvalue weighted by atomic mass is 9.85. The fourth-order valence-electron chi connectivity index (χ4n) is 3.52. The van der Waals surface area contributed by atoms with Crippen molar-refractivity contribution in [3.63, 3.8) is 0 Å². The number of rotatable bonds is 6. The molecule has 1 aliphatic heterocycles. The summed E-state index contributed by atoms with van der Waals surface area (Å²) in [7, 11) is 0. The number of aromatic amines is 1. The molecule has 0 aromatic carbocycles. The van der Waals surface area contributed by atoms with Crippen LogP contribution in [-0.4, -0.2) is 56.4 Å². The van der Waals surface area contributed by atoms with E-state index in [2.05, 4.69) is 38.7 Å². The number of imidazole rings is 1. The summed E-state index contributed by atoms with van der Waals surface area (Å²) >= 11 is 0. The van der Waals surface area contributed by atoms with Crippen LogP contribution >= 0.6 is 0 Å². The van der Waals surface area contributed by atoms with Gasteiger partial charge in [-0.2, -0.15) is 0 Å². The number of nitrogens with zero attached hydrogens (tertiary/aromatic N) is 4. The molecule has 0 saturated carbocycles. The van der Waals surface area contributed by atoms with Gasteiger partial charge in [0.2, 0.25) is 0 Å². The number of allylic oxidation sites excluding steroid dienone is 1. The van der Waals surface area contributed by atoms with Crippen LogP contribution < -0.4 is 4.90 Å². The fourth-order valence-corrected chi connectivity index (χ4v) is 3.52. The molecule has 1 fully saturated rings. The number of alkyl halides is 2. The highest BCUT2D eigenvalue weighted by Gasteiger charge is 2.32. The Kier molecular flexibility index (Phi) is 6.13. The third-order valence-corrected chi connectivity index (χ3v) is 5.10. The van der Waals surface area contributed by atoms with Crippen molar-refractivity contribution < 1.29 is 13.9 Å². The van der Waals surface area contributed by atoms with E-state index in [-0.39, 0.29) is 18.6 Å². The lowest BCUT2D eigenvalue weighted by Gasteiger charge is -2.42. The number of aliphatic hydroxyl groups excluding tert-OH is 1. The number of halogens is 2. The van der Waals surface area contributed by atoms with Gasteiger partial charge < -0.3 is 15.0 Å². The first kappa shape index (κ1) is 20.1. The molecule has 0 radical (unpaired) electrons. The number of hydrogen-bond acceptors (Lipinski definition) is 6. The summed E-state index contributed by atoms with van der Waals surface area (Å²) in [6, 6.07) is 2.01. The van der Waals surface area contributed by atoms with Crippen molar-refractivity contribution in [3.05, 3.63) is 30.5 Å². The summed E-state index contributed by atoms with van der Waals surface area (Å²) in [6.07, 6.45) is 3.57. The van der Waals surface area contributed by atoms with E-state index >= 15 is 0 Å². The zero-order valence-corrected chi connectivity index (χ0v) is 15.8. The van der Waals surface area contributed by atoms with E-state index in [1.54, 1.807) is 6.20 Å². The van der Waals surface area contributed by atoms with Crippen molar-refractivity contribution in [1.29, 1.82) is 5.41 Å². The molecule has 1 saturated heterocycles. The molecule has 3 rings (SSSR count). The Labute approximate surface area is 162 Å². The maximum absolute atomic E-state index is 12.4. The van der Waals surface area contributed by atoms with Crippen LogP contribution in [0.2, 0.25) is 0 Å². The van der Waals surface area contributed by atoms with Gasteiger partial charge in [-0.3, -0.25) is 5.41 Å². The predicted molar refractivity (Wildman–Crippen MR) is 104 cm³/mol. The molecule has 3 heterocycles. The Morgan fingerprint density at radius 1 is 1.39 bits per heavy atom. The van der Waals surface area contributed by atoms with Gasteiger partial charge in [-0.05, 0) is 31.4 Å². The largest absolute Gasteiger partial charge is 0.396 e. The smallest absolute Gasteiger partial charge is 0.279 e. The molecule has 0 aliphatic carbocycles. The lowest BCUT2D eigenvalue weighted by molar-refractivity contribution is 0.160. The molecular formula is C19H24F2N6O.